The first-order valence-electron chi connectivity index (χ1n) is 8.34. The van der Waals surface area contributed by atoms with Crippen molar-refractivity contribution in [3.05, 3.63) is 58.8 Å². The second kappa shape index (κ2) is 4.74. The Kier molecular flexibility index (Phi) is 2.83. The van der Waals surface area contributed by atoms with E-state index in [0.717, 1.165) is 17.6 Å². The molecule has 3 heterocycles. The van der Waals surface area contributed by atoms with Crippen LogP contribution in [0.2, 0.25) is 0 Å². The summed E-state index contributed by atoms with van der Waals surface area (Å²) in [4.78, 5) is 16.6. The standard InChI is InChI=1S/C19H18ClN3O/c1-10-8-13-12-4-2-3-5-15(12)21-17(13)19(23-10)14-9-11(20)6-7-16(14)22-18(19)24/h2-7,9-10,14,16,21,23H,8H2,1H3,(H,22,24)/t10-,14?,16?,19+/m0/s1. The molecule has 0 saturated carbocycles. The summed E-state index contributed by atoms with van der Waals surface area (Å²) in [6.45, 7) is 2.14. The predicted molar refractivity (Wildman–Crippen MR) is 94.8 cm³/mol. The smallest absolute Gasteiger partial charge is 0.247 e. The van der Waals surface area contributed by atoms with Gasteiger partial charge in [-0.25, -0.2) is 0 Å². The van der Waals surface area contributed by atoms with E-state index in [1.54, 1.807) is 0 Å². The molecule has 24 heavy (non-hydrogen) atoms. The molecule has 0 radical (unpaired) electrons. The van der Waals surface area contributed by atoms with E-state index in [2.05, 4.69) is 34.7 Å². The minimum absolute atomic E-state index is 0.0177. The molecule has 1 amide bonds. The highest BCUT2D eigenvalue weighted by Gasteiger charge is 2.59. The van der Waals surface area contributed by atoms with Gasteiger partial charge in [-0.2, -0.15) is 0 Å². The van der Waals surface area contributed by atoms with E-state index < -0.39 is 5.54 Å². The number of halogens is 1. The molecule has 2 aliphatic heterocycles. The van der Waals surface area contributed by atoms with Gasteiger partial charge in [0.1, 0.15) is 5.54 Å². The molecule has 5 heteroatoms. The fraction of sp³-hybridized carbons (Fsp3) is 0.316. The van der Waals surface area contributed by atoms with Gasteiger partial charge in [0.2, 0.25) is 5.91 Å². The summed E-state index contributed by atoms with van der Waals surface area (Å²) < 4.78 is 0. The minimum atomic E-state index is -0.790. The number of carbonyl (C=O) groups is 1. The Morgan fingerprint density at radius 2 is 2.12 bits per heavy atom. The molecule has 2 aromatic rings. The number of rotatable bonds is 0. The van der Waals surface area contributed by atoms with Crippen LogP contribution < -0.4 is 10.6 Å². The molecule has 3 N–H and O–H groups in total. The maximum absolute atomic E-state index is 13.1. The van der Waals surface area contributed by atoms with Gasteiger partial charge in [0.05, 0.1) is 11.7 Å². The van der Waals surface area contributed by atoms with Crippen LogP contribution in [0.4, 0.5) is 0 Å². The lowest BCUT2D eigenvalue weighted by Gasteiger charge is -2.40. The van der Waals surface area contributed by atoms with Crippen molar-refractivity contribution in [1.82, 2.24) is 15.6 Å². The molecule has 3 aliphatic rings. The summed E-state index contributed by atoms with van der Waals surface area (Å²) in [7, 11) is 0. The molecule has 2 unspecified atom stereocenters. The van der Waals surface area contributed by atoms with Crippen molar-refractivity contribution in [2.45, 2.75) is 31.0 Å². The van der Waals surface area contributed by atoms with Crippen molar-refractivity contribution in [1.29, 1.82) is 0 Å². The lowest BCUT2D eigenvalue weighted by Crippen LogP contribution is -2.59. The normalized spacial score (nSPS) is 34.2. The van der Waals surface area contributed by atoms with E-state index >= 15 is 0 Å². The number of para-hydroxylation sites is 1. The molecule has 5 rings (SSSR count). The molecule has 122 valence electrons. The number of amides is 1. The summed E-state index contributed by atoms with van der Waals surface area (Å²) in [6, 6.07) is 8.44. The third-order valence-corrected chi connectivity index (χ3v) is 5.79. The maximum Gasteiger partial charge on any atom is 0.247 e. The van der Waals surface area contributed by atoms with Gasteiger partial charge in [0.25, 0.3) is 0 Å². The van der Waals surface area contributed by atoms with E-state index in [1.165, 1.54) is 10.9 Å². The van der Waals surface area contributed by atoms with Crippen LogP contribution in [-0.2, 0) is 16.8 Å². The van der Waals surface area contributed by atoms with Crippen LogP contribution in [0.3, 0.4) is 0 Å². The van der Waals surface area contributed by atoms with Crippen molar-refractivity contribution in [3.8, 4) is 0 Å². The second-order valence-corrected chi connectivity index (χ2v) is 7.45. The van der Waals surface area contributed by atoms with Crippen molar-refractivity contribution in [3.63, 3.8) is 0 Å². The molecule has 1 saturated heterocycles. The zero-order chi connectivity index (χ0) is 16.5. The fourth-order valence-corrected chi connectivity index (χ4v) is 4.81. The zero-order valence-electron chi connectivity index (χ0n) is 13.3. The molecule has 1 aromatic heterocycles. The second-order valence-electron chi connectivity index (χ2n) is 7.02. The number of H-pyrrole nitrogens is 1. The van der Waals surface area contributed by atoms with Crippen molar-refractivity contribution >= 4 is 28.4 Å². The summed E-state index contributed by atoms with van der Waals surface area (Å²) in [5.41, 5.74) is 2.52. The summed E-state index contributed by atoms with van der Waals surface area (Å²) >= 11 is 6.27. The minimum Gasteiger partial charge on any atom is -0.356 e. The largest absolute Gasteiger partial charge is 0.356 e. The molecular formula is C19H18ClN3O. The van der Waals surface area contributed by atoms with Gasteiger partial charge in [0, 0.05) is 27.9 Å². The quantitative estimate of drug-likeness (QED) is 0.691. The SMILES string of the molecule is C[C@H]1Cc2c([nH]c3ccccc23)[C@@]2(N1)C(=O)NC1C=CC(Cl)=CC12. The Balaban J connectivity index is 1.80. The van der Waals surface area contributed by atoms with Gasteiger partial charge in [0.15, 0.2) is 0 Å². The van der Waals surface area contributed by atoms with E-state index in [4.69, 9.17) is 11.6 Å². The number of aromatic nitrogens is 1. The molecule has 4 nitrogen and oxygen atoms in total. The number of hydrogen-bond donors (Lipinski definition) is 3. The van der Waals surface area contributed by atoms with Crippen molar-refractivity contribution in [2.75, 3.05) is 0 Å². The number of nitrogens with one attached hydrogen (secondary N) is 3. The van der Waals surface area contributed by atoms with Crippen LogP contribution in [0, 0.1) is 5.92 Å². The van der Waals surface area contributed by atoms with Gasteiger partial charge in [-0.15, -0.1) is 0 Å². The van der Waals surface area contributed by atoms with Gasteiger partial charge in [-0.3, -0.25) is 10.1 Å². The number of carbonyl (C=O) groups excluding carboxylic acids is 1. The average molecular weight is 340 g/mol. The Morgan fingerprint density at radius 3 is 3.00 bits per heavy atom. The van der Waals surface area contributed by atoms with Gasteiger partial charge < -0.3 is 10.3 Å². The number of fused-ring (bicyclic) bond motifs is 6. The van der Waals surface area contributed by atoms with E-state index in [0.29, 0.717) is 5.03 Å². The first-order chi connectivity index (χ1) is 11.6. The topological polar surface area (TPSA) is 56.9 Å². The van der Waals surface area contributed by atoms with Crippen LogP contribution in [0.5, 0.6) is 0 Å². The molecule has 1 fully saturated rings. The Labute approximate surface area is 145 Å². The van der Waals surface area contributed by atoms with Crippen LogP contribution in [-0.4, -0.2) is 23.0 Å². The van der Waals surface area contributed by atoms with E-state index in [-0.39, 0.29) is 23.9 Å². The molecular weight excluding hydrogens is 322 g/mol. The van der Waals surface area contributed by atoms with Crippen molar-refractivity contribution < 1.29 is 4.79 Å². The predicted octanol–water partition coefficient (Wildman–Crippen LogP) is 2.70. The van der Waals surface area contributed by atoms with Gasteiger partial charge in [-0.1, -0.05) is 42.0 Å². The van der Waals surface area contributed by atoms with Gasteiger partial charge in [-0.05, 0) is 31.1 Å². The van der Waals surface area contributed by atoms with Crippen LogP contribution in [0.1, 0.15) is 18.2 Å². The molecule has 1 aliphatic carbocycles. The lowest BCUT2D eigenvalue weighted by atomic mass is 9.73. The first kappa shape index (κ1) is 14.3. The molecule has 0 bridgehead atoms. The van der Waals surface area contributed by atoms with Crippen LogP contribution >= 0.6 is 11.6 Å². The number of allylic oxidation sites excluding steroid dienone is 2. The van der Waals surface area contributed by atoms with Crippen LogP contribution in [0.25, 0.3) is 10.9 Å². The average Bonchev–Trinajstić information content (AvgIpc) is 3.06. The highest BCUT2D eigenvalue weighted by atomic mass is 35.5. The lowest BCUT2D eigenvalue weighted by molar-refractivity contribution is -0.126. The van der Waals surface area contributed by atoms with Crippen molar-refractivity contribution in [2.24, 2.45) is 5.92 Å². The third-order valence-electron chi connectivity index (χ3n) is 5.54. The van der Waals surface area contributed by atoms with E-state index in [9.17, 15) is 4.79 Å². The third kappa shape index (κ3) is 1.70. The summed E-state index contributed by atoms with van der Waals surface area (Å²) in [5.74, 6) is -0.0267. The van der Waals surface area contributed by atoms with Crippen LogP contribution in [0.15, 0.2) is 47.5 Å². The number of hydrogen-bond acceptors (Lipinski definition) is 2. The Hall–Kier alpha value is -2.04. The molecule has 1 aromatic carbocycles. The highest BCUT2D eigenvalue weighted by Crippen LogP contribution is 2.46. The maximum atomic E-state index is 13.1. The first-order valence-corrected chi connectivity index (χ1v) is 8.71. The fourth-order valence-electron chi connectivity index (χ4n) is 4.60. The number of benzene rings is 1. The Bertz CT molecular complexity index is 928. The summed E-state index contributed by atoms with van der Waals surface area (Å²) in [5, 5.41) is 8.62. The monoisotopic (exact) mass is 339 g/mol. The van der Waals surface area contributed by atoms with E-state index in [1.807, 2.05) is 30.4 Å². The number of aromatic amines is 1. The van der Waals surface area contributed by atoms with Gasteiger partial charge >= 0.3 is 0 Å². The Morgan fingerprint density at radius 1 is 1.29 bits per heavy atom. The highest BCUT2D eigenvalue weighted by molar-refractivity contribution is 6.31. The zero-order valence-corrected chi connectivity index (χ0v) is 14.0. The summed E-state index contributed by atoms with van der Waals surface area (Å²) in [6.07, 6.45) is 6.76. The molecule has 4 atom stereocenters. The molecule has 1 spiro atoms.